The molecule has 4 aliphatic rings. The van der Waals surface area contributed by atoms with Gasteiger partial charge in [-0.05, 0) is 42.6 Å². The molecule has 2 N–H and O–H groups in total. The van der Waals surface area contributed by atoms with E-state index in [2.05, 4.69) is 20.4 Å². The van der Waals surface area contributed by atoms with Gasteiger partial charge in [0.15, 0.2) is 6.29 Å². The number of aldehydes is 1. The Kier molecular flexibility index (Phi) is 4.57. The van der Waals surface area contributed by atoms with E-state index in [9.17, 15) is 19.8 Å². The zero-order chi connectivity index (χ0) is 20.5. The molecule has 1 heterocycles. The largest absolute Gasteiger partial charge is 0.457 e. The fraction of sp³-hybridized carbons (Fsp3) is 0.818. The molecule has 0 amide bonds. The molecule has 0 spiro atoms. The Morgan fingerprint density at radius 2 is 2.00 bits per heavy atom. The smallest absolute Gasteiger partial charge is 0.303 e. The molecule has 4 rings (SSSR count). The Bertz CT molecular complexity index is 697. The van der Waals surface area contributed by atoms with Crippen LogP contribution < -0.4 is 0 Å². The zero-order valence-corrected chi connectivity index (χ0v) is 17.0. The highest BCUT2D eigenvalue weighted by Crippen LogP contribution is 2.68. The van der Waals surface area contributed by atoms with Crippen molar-refractivity contribution in [2.24, 2.45) is 34.0 Å². The van der Waals surface area contributed by atoms with Gasteiger partial charge in [-0.15, -0.1) is 0 Å². The van der Waals surface area contributed by atoms with Crippen LogP contribution in [0.1, 0.15) is 52.9 Å². The molecule has 0 radical (unpaired) electrons. The number of aliphatic hydroxyl groups is 2. The van der Waals surface area contributed by atoms with Crippen LogP contribution in [-0.4, -0.2) is 47.6 Å². The Balaban J connectivity index is 1.86. The molecule has 156 valence electrons. The molecule has 8 atom stereocenters. The molecule has 6 nitrogen and oxygen atoms in total. The number of rotatable bonds is 3. The van der Waals surface area contributed by atoms with Crippen LogP contribution in [0.15, 0.2) is 12.2 Å². The first-order chi connectivity index (χ1) is 13.1. The Morgan fingerprint density at radius 3 is 2.64 bits per heavy atom. The lowest BCUT2D eigenvalue weighted by molar-refractivity contribution is -0.184. The number of carbonyl (C=O) groups is 2. The predicted molar refractivity (Wildman–Crippen MR) is 101 cm³/mol. The van der Waals surface area contributed by atoms with E-state index < -0.39 is 41.2 Å². The van der Waals surface area contributed by atoms with E-state index in [0.29, 0.717) is 19.4 Å². The molecule has 2 bridgehead atoms. The van der Waals surface area contributed by atoms with Gasteiger partial charge in [0.2, 0.25) is 0 Å². The SMILES string of the molecule is C=C1[C@@H]2C[C@@H](O)[C@@H]([C@]34CCCC(C)(C)[C@H]3[C@@H](O)OC4)[C@@](C=O)(C2)[C@H]1OC(C)=O. The highest BCUT2D eigenvalue weighted by atomic mass is 16.6. The van der Waals surface area contributed by atoms with Crippen LogP contribution in [-0.2, 0) is 19.1 Å². The topological polar surface area (TPSA) is 93.1 Å². The monoisotopic (exact) mass is 392 g/mol. The first kappa shape index (κ1) is 20.0. The summed E-state index contributed by atoms with van der Waals surface area (Å²) < 4.78 is 11.4. The van der Waals surface area contributed by atoms with Gasteiger partial charge in [0.25, 0.3) is 0 Å². The molecule has 28 heavy (non-hydrogen) atoms. The molecule has 0 aromatic heterocycles. The van der Waals surface area contributed by atoms with E-state index in [1.807, 2.05) is 0 Å². The maximum absolute atomic E-state index is 12.7. The number of fused-ring (bicyclic) bond motifs is 3. The summed E-state index contributed by atoms with van der Waals surface area (Å²) in [6.07, 6.45) is 2.23. The summed E-state index contributed by atoms with van der Waals surface area (Å²) in [7, 11) is 0. The van der Waals surface area contributed by atoms with Gasteiger partial charge in [0.1, 0.15) is 12.4 Å². The standard InChI is InChI=1S/C22H32O6/c1-12-14-8-15(25)16(22(9-14,10-23)18(12)28-13(2)24)21-7-5-6-20(3,4)17(21)19(26)27-11-21/h10,14-19,25-26H,1,5-9,11H2,2-4H3/t14-,15-,16+,17-,18+,19+,21-,22+/m1/s1. The van der Waals surface area contributed by atoms with E-state index in [1.165, 1.54) is 6.92 Å². The van der Waals surface area contributed by atoms with Crippen LogP contribution in [0.25, 0.3) is 0 Å². The van der Waals surface area contributed by atoms with Crippen molar-refractivity contribution >= 4 is 12.3 Å². The van der Waals surface area contributed by atoms with Gasteiger partial charge in [-0.2, -0.15) is 0 Å². The fourth-order valence-electron chi connectivity index (χ4n) is 7.56. The number of aliphatic hydroxyl groups excluding tert-OH is 2. The van der Waals surface area contributed by atoms with Crippen LogP contribution in [0.3, 0.4) is 0 Å². The first-order valence-corrected chi connectivity index (χ1v) is 10.4. The molecular weight excluding hydrogens is 360 g/mol. The Labute approximate surface area is 166 Å². The third-order valence-electron chi connectivity index (χ3n) is 8.29. The number of carbonyl (C=O) groups excluding carboxylic acids is 2. The Morgan fingerprint density at radius 1 is 1.29 bits per heavy atom. The quantitative estimate of drug-likeness (QED) is 0.435. The van der Waals surface area contributed by atoms with E-state index >= 15 is 0 Å². The second-order valence-corrected chi connectivity index (χ2v) is 10.2. The van der Waals surface area contributed by atoms with Crippen LogP contribution in [0.4, 0.5) is 0 Å². The third kappa shape index (κ3) is 2.50. The van der Waals surface area contributed by atoms with Crippen LogP contribution >= 0.6 is 0 Å². The van der Waals surface area contributed by atoms with Crippen LogP contribution in [0, 0.1) is 34.0 Å². The van der Waals surface area contributed by atoms with Crippen molar-refractivity contribution in [2.45, 2.75) is 71.4 Å². The van der Waals surface area contributed by atoms with Gasteiger partial charge in [-0.3, -0.25) is 4.79 Å². The van der Waals surface area contributed by atoms with Crippen LogP contribution in [0.5, 0.6) is 0 Å². The van der Waals surface area contributed by atoms with Gasteiger partial charge in [0, 0.05) is 24.2 Å². The predicted octanol–water partition coefficient (Wildman–Crippen LogP) is 2.22. The molecule has 3 aliphatic carbocycles. The van der Waals surface area contributed by atoms with E-state index in [4.69, 9.17) is 9.47 Å². The summed E-state index contributed by atoms with van der Waals surface area (Å²) in [6, 6.07) is 0. The van der Waals surface area contributed by atoms with Gasteiger partial charge >= 0.3 is 5.97 Å². The van der Waals surface area contributed by atoms with E-state index in [-0.39, 0.29) is 17.3 Å². The maximum atomic E-state index is 12.7. The third-order valence-corrected chi connectivity index (χ3v) is 8.29. The number of esters is 1. The molecule has 0 aromatic rings. The average Bonchev–Trinajstić information content (AvgIpc) is 3.05. The summed E-state index contributed by atoms with van der Waals surface area (Å²) >= 11 is 0. The fourth-order valence-corrected chi connectivity index (χ4v) is 7.56. The summed E-state index contributed by atoms with van der Waals surface area (Å²) in [5, 5.41) is 22.0. The lowest BCUT2D eigenvalue weighted by Crippen LogP contribution is -2.61. The molecule has 1 saturated heterocycles. The molecule has 3 saturated carbocycles. The minimum absolute atomic E-state index is 0.0421. The van der Waals surface area contributed by atoms with E-state index in [0.717, 1.165) is 31.1 Å². The first-order valence-electron chi connectivity index (χ1n) is 10.4. The molecule has 4 fully saturated rings. The van der Waals surface area contributed by atoms with Crippen molar-refractivity contribution in [3.05, 3.63) is 12.2 Å². The van der Waals surface area contributed by atoms with Crippen molar-refractivity contribution in [3.8, 4) is 0 Å². The minimum Gasteiger partial charge on any atom is -0.457 e. The summed E-state index contributed by atoms with van der Waals surface area (Å²) in [5.41, 5.74) is -1.01. The maximum Gasteiger partial charge on any atom is 0.303 e. The van der Waals surface area contributed by atoms with Crippen molar-refractivity contribution in [1.82, 2.24) is 0 Å². The number of hydrogen-bond donors (Lipinski definition) is 2. The zero-order valence-electron chi connectivity index (χ0n) is 17.0. The van der Waals surface area contributed by atoms with Gasteiger partial charge in [-0.25, -0.2) is 0 Å². The van der Waals surface area contributed by atoms with Crippen molar-refractivity contribution in [3.63, 3.8) is 0 Å². The molecule has 0 unspecified atom stereocenters. The highest BCUT2D eigenvalue weighted by molar-refractivity contribution is 5.71. The molecular formula is C22H32O6. The van der Waals surface area contributed by atoms with Crippen LogP contribution in [0.2, 0.25) is 0 Å². The molecule has 6 heteroatoms. The van der Waals surface area contributed by atoms with Gasteiger partial charge in [-0.1, -0.05) is 26.8 Å². The summed E-state index contributed by atoms with van der Waals surface area (Å²) in [6.45, 7) is 10.0. The minimum atomic E-state index is -1.02. The van der Waals surface area contributed by atoms with Crippen molar-refractivity contribution in [1.29, 1.82) is 0 Å². The van der Waals surface area contributed by atoms with E-state index in [1.54, 1.807) is 0 Å². The average molecular weight is 392 g/mol. The normalized spacial score (nSPS) is 49.5. The summed E-state index contributed by atoms with van der Waals surface area (Å²) in [4.78, 5) is 24.5. The lowest BCUT2D eigenvalue weighted by Gasteiger charge is -2.57. The number of ether oxygens (including phenoxy) is 2. The van der Waals surface area contributed by atoms with Gasteiger partial charge < -0.3 is 24.5 Å². The highest BCUT2D eigenvalue weighted by Gasteiger charge is 2.71. The number of hydrogen-bond acceptors (Lipinski definition) is 6. The summed E-state index contributed by atoms with van der Waals surface area (Å²) in [5.74, 6) is -1.12. The second kappa shape index (κ2) is 6.38. The van der Waals surface area contributed by atoms with Crippen molar-refractivity contribution < 1.29 is 29.3 Å². The van der Waals surface area contributed by atoms with Gasteiger partial charge in [0.05, 0.1) is 18.1 Å². The van der Waals surface area contributed by atoms with Crippen molar-refractivity contribution in [2.75, 3.05) is 6.61 Å². The lowest BCUT2D eigenvalue weighted by atomic mass is 9.45. The molecule has 0 aromatic carbocycles. The Hall–Kier alpha value is -1.24. The molecule has 1 aliphatic heterocycles. The second-order valence-electron chi connectivity index (χ2n) is 10.2.